The minimum atomic E-state index is -0.0674. The van der Waals surface area contributed by atoms with Gasteiger partial charge in [0.15, 0.2) is 0 Å². The number of amides is 2. The molecule has 132 valence electrons. The van der Waals surface area contributed by atoms with Crippen molar-refractivity contribution in [3.8, 4) is 5.75 Å². The molecule has 0 aliphatic carbocycles. The van der Waals surface area contributed by atoms with Crippen LogP contribution in [0.5, 0.6) is 5.75 Å². The normalized spacial score (nSPS) is 23.8. The smallest absolute Gasteiger partial charge is 0.326 e. The number of rotatable bonds is 3. The molecule has 2 unspecified atom stereocenters. The van der Waals surface area contributed by atoms with E-state index in [2.05, 4.69) is 22.4 Å². The second-order valence-corrected chi connectivity index (χ2v) is 6.74. The molecule has 5 rings (SSSR count). The van der Waals surface area contributed by atoms with Crippen LogP contribution < -0.4 is 15.0 Å². The number of hydrogen-bond donors (Lipinski definition) is 1. The van der Waals surface area contributed by atoms with Crippen LogP contribution in [-0.2, 0) is 0 Å². The first-order valence-corrected chi connectivity index (χ1v) is 8.97. The lowest BCUT2D eigenvalue weighted by Gasteiger charge is -2.33. The molecule has 2 amide bonds. The summed E-state index contributed by atoms with van der Waals surface area (Å²) in [6.45, 7) is 2.59. The molecular weight excluding hydrogens is 328 g/mol. The lowest BCUT2D eigenvalue weighted by Crippen LogP contribution is -2.42. The predicted molar refractivity (Wildman–Crippen MR) is 99.8 cm³/mol. The van der Waals surface area contributed by atoms with E-state index >= 15 is 0 Å². The Morgan fingerprint density at radius 2 is 1.92 bits per heavy atom. The quantitative estimate of drug-likeness (QED) is 0.927. The molecule has 2 aromatic carbocycles. The largest absolute Gasteiger partial charge is 0.489 e. The number of nitrogens with zero attached hydrogens (tertiary/aromatic N) is 3. The van der Waals surface area contributed by atoms with Crippen molar-refractivity contribution < 1.29 is 9.53 Å². The first kappa shape index (κ1) is 15.3. The van der Waals surface area contributed by atoms with Crippen molar-refractivity contribution in [1.29, 1.82) is 0 Å². The molecule has 3 aliphatic rings. The van der Waals surface area contributed by atoms with E-state index in [4.69, 9.17) is 4.74 Å². The van der Waals surface area contributed by atoms with Gasteiger partial charge >= 0.3 is 6.03 Å². The summed E-state index contributed by atoms with van der Waals surface area (Å²) in [5, 5.41) is 3.28. The van der Waals surface area contributed by atoms with Crippen LogP contribution in [0.4, 0.5) is 10.5 Å². The van der Waals surface area contributed by atoms with Crippen LogP contribution in [0.2, 0.25) is 0 Å². The lowest BCUT2D eigenvalue weighted by atomic mass is 9.98. The highest BCUT2D eigenvalue weighted by atomic mass is 16.5. The Morgan fingerprint density at radius 1 is 1.12 bits per heavy atom. The fourth-order valence-electron chi connectivity index (χ4n) is 4.08. The number of ether oxygens (including phenoxy) is 1. The van der Waals surface area contributed by atoms with Crippen LogP contribution >= 0.6 is 0 Å². The number of carbonyl (C=O) groups excluding carboxylic acids is 1. The molecule has 2 aromatic rings. The van der Waals surface area contributed by atoms with Gasteiger partial charge in [0, 0.05) is 6.54 Å². The third kappa shape index (κ3) is 2.33. The van der Waals surface area contributed by atoms with Crippen molar-refractivity contribution in [1.82, 2.24) is 10.2 Å². The zero-order valence-corrected chi connectivity index (χ0v) is 14.3. The van der Waals surface area contributed by atoms with Gasteiger partial charge in [0.2, 0.25) is 0 Å². The topological polar surface area (TPSA) is 57.2 Å². The molecule has 0 aromatic heterocycles. The zero-order valence-electron chi connectivity index (χ0n) is 14.3. The average Bonchev–Trinajstić information content (AvgIpc) is 3.30. The highest BCUT2D eigenvalue weighted by Gasteiger charge is 2.50. The summed E-state index contributed by atoms with van der Waals surface area (Å²) in [6, 6.07) is 17.8. The number of carbonyl (C=O) groups is 1. The molecule has 0 saturated carbocycles. The van der Waals surface area contributed by atoms with Crippen molar-refractivity contribution in [3.05, 3.63) is 60.2 Å². The third-order valence-corrected chi connectivity index (χ3v) is 5.22. The van der Waals surface area contributed by atoms with E-state index in [9.17, 15) is 4.79 Å². The number of hydrogen-bond acceptors (Lipinski definition) is 4. The summed E-state index contributed by atoms with van der Waals surface area (Å²) >= 11 is 0. The molecule has 0 spiro atoms. The third-order valence-electron chi connectivity index (χ3n) is 5.22. The van der Waals surface area contributed by atoms with E-state index in [-0.39, 0.29) is 18.1 Å². The molecule has 6 heteroatoms. The summed E-state index contributed by atoms with van der Waals surface area (Å²) in [5.41, 5.74) is 1.97. The molecule has 1 saturated heterocycles. The minimum Gasteiger partial charge on any atom is -0.489 e. The summed E-state index contributed by atoms with van der Waals surface area (Å²) in [5.74, 6) is 1.65. The summed E-state index contributed by atoms with van der Waals surface area (Å²) in [6.07, 6.45) is 0. The van der Waals surface area contributed by atoms with Crippen molar-refractivity contribution in [2.75, 3.05) is 31.1 Å². The van der Waals surface area contributed by atoms with Crippen LogP contribution in [0.25, 0.3) is 0 Å². The number of fused-ring (bicyclic) bond motifs is 3. The standard InChI is InChI=1S/C20H20N4O2/c25-20-23(12-18-21-10-11-22-18)19(14-6-2-1-3-7-14)16-13-26-17-9-5-4-8-15(17)24(16)20/h1-9,16,19H,10-13H2,(H,21,22). The summed E-state index contributed by atoms with van der Waals surface area (Å²) in [7, 11) is 0. The van der Waals surface area contributed by atoms with E-state index in [0.29, 0.717) is 13.2 Å². The van der Waals surface area contributed by atoms with Gasteiger partial charge in [0.05, 0.1) is 30.9 Å². The Hall–Kier alpha value is -3.02. The van der Waals surface area contributed by atoms with Crippen LogP contribution in [0.15, 0.2) is 59.6 Å². The number of amidine groups is 1. The van der Waals surface area contributed by atoms with Crippen molar-refractivity contribution >= 4 is 17.6 Å². The van der Waals surface area contributed by atoms with Crippen LogP contribution in [-0.4, -0.2) is 49.0 Å². The number of nitrogens with one attached hydrogen (secondary N) is 1. The molecular formula is C20H20N4O2. The Bertz CT molecular complexity index is 867. The Balaban J connectivity index is 1.58. The van der Waals surface area contributed by atoms with Gasteiger partial charge in [-0.25, -0.2) is 4.79 Å². The monoisotopic (exact) mass is 348 g/mol. The zero-order chi connectivity index (χ0) is 17.5. The summed E-state index contributed by atoms with van der Waals surface area (Å²) < 4.78 is 5.99. The maximum absolute atomic E-state index is 13.4. The molecule has 0 radical (unpaired) electrons. The highest BCUT2D eigenvalue weighted by molar-refractivity contribution is 6.00. The first-order valence-electron chi connectivity index (χ1n) is 8.97. The van der Waals surface area contributed by atoms with Crippen molar-refractivity contribution in [2.45, 2.75) is 12.1 Å². The fraction of sp³-hybridized carbons (Fsp3) is 0.300. The van der Waals surface area contributed by atoms with Gasteiger partial charge in [0.1, 0.15) is 18.2 Å². The minimum absolute atomic E-state index is 0.0102. The van der Waals surface area contributed by atoms with Gasteiger partial charge in [-0.05, 0) is 17.7 Å². The van der Waals surface area contributed by atoms with Crippen LogP contribution in [0.1, 0.15) is 11.6 Å². The van der Waals surface area contributed by atoms with Crippen molar-refractivity contribution in [2.24, 2.45) is 4.99 Å². The molecule has 3 heterocycles. The van der Waals surface area contributed by atoms with E-state index in [0.717, 1.165) is 35.9 Å². The van der Waals surface area contributed by atoms with E-state index in [1.54, 1.807) is 0 Å². The second-order valence-electron chi connectivity index (χ2n) is 6.74. The molecule has 6 nitrogen and oxygen atoms in total. The molecule has 26 heavy (non-hydrogen) atoms. The lowest BCUT2D eigenvalue weighted by molar-refractivity contribution is 0.206. The molecule has 0 bridgehead atoms. The molecule has 2 atom stereocenters. The van der Waals surface area contributed by atoms with Crippen molar-refractivity contribution in [3.63, 3.8) is 0 Å². The van der Waals surface area contributed by atoms with E-state index in [1.165, 1.54) is 0 Å². The fourth-order valence-corrected chi connectivity index (χ4v) is 4.08. The van der Waals surface area contributed by atoms with Gasteiger partial charge in [-0.1, -0.05) is 42.5 Å². The van der Waals surface area contributed by atoms with Crippen LogP contribution in [0, 0.1) is 0 Å². The number of anilines is 1. The van der Waals surface area contributed by atoms with Gasteiger partial charge in [0.25, 0.3) is 0 Å². The van der Waals surface area contributed by atoms with Gasteiger partial charge in [-0.2, -0.15) is 0 Å². The number of urea groups is 1. The molecule has 3 aliphatic heterocycles. The Morgan fingerprint density at radius 3 is 2.73 bits per heavy atom. The number of aliphatic imine (C=N–C) groups is 1. The maximum Gasteiger partial charge on any atom is 0.326 e. The maximum atomic E-state index is 13.4. The summed E-state index contributed by atoms with van der Waals surface area (Å²) in [4.78, 5) is 21.7. The SMILES string of the molecule is O=C1N(CC2=NCCN2)C(c2ccccc2)C2COc3ccccc3N12. The van der Waals surface area contributed by atoms with E-state index < -0.39 is 0 Å². The predicted octanol–water partition coefficient (Wildman–Crippen LogP) is 2.43. The first-order chi connectivity index (χ1) is 12.8. The van der Waals surface area contributed by atoms with Crippen LogP contribution in [0.3, 0.4) is 0 Å². The number of para-hydroxylation sites is 2. The van der Waals surface area contributed by atoms with E-state index in [1.807, 2.05) is 52.3 Å². The number of benzene rings is 2. The van der Waals surface area contributed by atoms with Gasteiger partial charge < -0.3 is 15.0 Å². The average molecular weight is 348 g/mol. The second kappa shape index (κ2) is 6.05. The van der Waals surface area contributed by atoms with Gasteiger partial charge in [-0.15, -0.1) is 0 Å². The molecule has 1 fully saturated rings. The van der Waals surface area contributed by atoms with Gasteiger partial charge in [-0.3, -0.25) is 9.89 Å². The Kier molecular flexibility index (Phi) is 3.55. The highest BCUT2D eigenvalue weighted by Crippen LogP contribution is 2.44. The molecule has 1 N–H and O–H groups in total. The Labute approximate surface area is 152 Å².